The van der Waals surface area contributed by atoms with Crippen molar-refractivity contribution in [3.05, 3.63) is 71.4 Å². The van der Waals surface area contributed by atoms with Gasteiger partial charge < -0.3 is 19.1 Å². The zero-order chi connectivity index (χ0) is 20.1. The number of oxazole rings is 1. The molecule has 5 nitrogen and oxygen atoms in total. The first kappa shape index (κ1) is 23.2. The number of ether oxygens (including phenoxy) is 1. The number of carbonyl (C=O) groups excluding carboxylic acids is 1. The van der Waals surface area contributed by atoms with Gasteiger partial charge in [-0.3, -0.25) is 0 Å². The predicted molar refractivity (Wildman–Crippen MR) is 105 cm³/mol. The van der Waals surface area contributed by atoms with Gasteiger partial charge in [0.2, 0.25) is 0 Å². The minimum absolute atomic E-state index is 0. The Hall–Kier alpha value is -2.08. The molecule has 0 spiro atoms. The topological polar surface area (TPSA) is 75.4 Å². The van der Waals surface area contributed by atoms with Crippen molar-refractivity contribution < 1.29 is 48.6 Å². The van der Waals surface area contributed by atoms with Crippen LogP contribution >= 0.6 is 0 Å². The number of aliphatic carboxylic acids is 1. The number of rotatable bonds is 8. The molecular formula is C23H24NNaO4. The van der Waals surface area contributed by atoms with Crippen molar-refractivity contribution >= 4 is 5.97 Å². The van der Waals surface area contributed by atoms with E-state index in [-0.39, 0.29) is 41.9 Å². The first-order valence-electron chi connectivity index (χ1n) is 9.41. The number of carboxylic acid groups (broad SMARTS) is 1. The van der Waals surface area contributed by atoms with Gasteiger partial charge in [0.05, 0.1) is 12.3 Å². The minimum atomic E-state index is -1.09. The van der Waals surface area contributed by atoms with Crippen molar-refractivity contribution in [3.63, 3.8) is 0 Å². The SMILES string of the molecule is Cc1oc(C(C)C)nc1CCOc1cccc(-c2ccccc2CC(=O)[O-])c1.[Na+]. The molecule has 2 aromatic carbocycles. The summed E-state index contributed by atoms with van der Waals surface area (Å²) in [5, 5.41) is 11.0. The molecule has 6 heteroatoms. The van der Waals surface area contributed by atoms with Crippen molar-refractivity contribution in [2.45, 2.75) is 39.5 Å². The first-order chi connectivity index (χ1) is 13.4. The van der Waals surface area contributed by atoms with Crippen molar-refractivity contribution in [2.75, 3.05) is 6.61 Å². The van der Waals surface area contributed by atoms with Crippen molar-refractivity contribution in [3.8, 4) is 16.9 Å². The van der Waals surface area contributed by atoms with Gasteiger partial charge in [0.15, 0.2) is 5.89 Å². The second-order valence-corrected chi connectivity index (χ2v) is 7.04. The molecule has 0 aliphatic heterocycles. The van der Waals surface area contributed by atoms with Crippen LogP contribution in [0.15, 0.2) is 52.9 Å². The molecule has 0 aliphatic rings. The molecule has 0 fully saturated rings. The average molecular weight is 401 g/mol. The van der Waals surface area contributed by atoms with Gasteiger partial charge >= 0.3 is 29.6 Å². The number of hydrogen-bond acceptors (Lipinski definition) is 5. The largest absolute Gasteiger partial charge is 1.00 e. The van der Waals surface area contributed by atoms with Crippen LogP contribution in [0.5, 0.6) is 5.75 Å². The fourth-order valence-corrected chi connectivity index (χ4v) is 3.06. The standard InChI is InChI=1S/C23H25NO4.Na/c1-15(2)23-24-21(16(3)28-23)11-12-27-19-9-6-8-17(13-19)20-10-5-4-7-18(20)14-22(25)26;/h4-10,13,15H,11-12,14H2,1-3H3,(H,25,26);/q;+1/p-1. The van der Waals surface area contributed by atoms with E-state index in [0.29, 0.717) is 13.0 Å². The van der Waals surface area contributed by atoms with E-state index in [4.69, 9.17) is 9.15 Å². The van der Waals surface area contributed by atoms with E-state index in [0.717, 1.165) is 39.8 Å². The maximum Gasteiger partial charge on any atom is 1.00 e. The summed E-state index contributed by atoms with van der Waals surface area (Å²) in [6, 6.07) is 15.1. The van der Waals surface area contributed by atoms with Gasteiger partial charge in [-0.1, -0.05) is 50.2 Å². The van der Waals surface area contributed by atoms with Crippen molar-refractivity contribution in [1.29, 1.82) is 0 Å². The van der Waals surface area contributed by atoms with E-state index in [2.05, 4.69) is 18.8 Å². The van der Waals surface area contributed by atoms with Gasteiger partial charge in [0.1, 0.15) is 11.5 Å². The Balaban J connectivity index is 0.00000300. The second-order valence-electron chi connectivity index (χ2n) is 7.04. The maximum absolute atomic E-state index is 11.0. The Kier molecular flexibility index (Phi) is 8.50. The fourth-order valence-electron chi connectivity index (χ4n) is 3.06. The molecule has 146 valence electrons. The summed E-state index contributed by atoms with van der Waals surface area (Å²) >= 11 is 0. The molecule has 0 bridgehead atoms. The van der Waals surface area contributed by atoms with E-state index >= 15 is 0 Å². The summed E-state index contributed by atoms with van der Waals surface area (Å²) in [6.45, 7) is 6.50. The molecule has 0 amide bonds. The van der Waals surface area contributed by atoms with Crippen LogP contribution in [0.4, 0.5) is 0 Å². The quantitative estimate of drug-likeness (QED) is 0.519. The van der Waals surface area contributed by atoms with E-state index < -0.39 is 5.97 Å². The van der Waals surface area contributed by atoms with E-state index in [1.54, 1.807) is 6.07 Å². The summed E-state index contributed by atoms with van der Waals surface area (Å²) in [4.78, 5) is 15.6. The molecule has 3 aromatic rings. The normalized spacial score (nSPS) is 10.6. The van der Waals surface area contributed by atoms with Crippen LogP contribution in [0.25, 0.3) is 11.1 Å². The molecule has 0 aliphatic carbocycles. The summed E-state index contributed by atoms with van der Waals surface area (Å²) in [5.41, 5.74) is 3.42. The number of carbonyl (C=O) groups is 1. The molecule has 0 unspecified atom stereocenters. The van der Waals surface area contributed by atoms with Crippen LogP contribution in [0, 0.1) is 6.92 Å². The summed E-state index contributed by atoms with van der Waals surface area (Å²) in [7, 11) is 0. The first-order valence-corrected chi connectivity index (χ1v) is 9.41. The zero-order valence-electron chi connectivity index (χ0n) is 17.4. The minimum Gasteiger partial charge on any atom is -0.550 e. The number of carboxylic acids is 1. The average Bonchev–Trinajstić information content (AvgIpc) is 3.03. The fraction of sp³-hybridized carbons (Fsp3) is 0.304. The molecule has 1 aromatic heterocycles. The Morgan fingerprint density at radius 3 is 2.62 bits per heavy atom. The number of aryl methyl sites for hydroxylation is 1. The molecule has 3 rings (SSSR count). The van der Waals surface area contributed by atoms with Crippen LogP contribution in [-0.2, 0) is 17.6 Å². The van der Waals surface area contributed by atoms with Crippen LogP contribution in [0.3, 0.4) is 0 Å². The number of nitrogens with zero attached hydrogens (tertiary/aromatic N) is 1. The maximum atomic E-state index is 11.0. The predicted octanol–water partition coefficient (Wildman–Crippen LogP) is 0.691. The molecule has 29 heavy (non-hydrogen) atoms. The van der Waals surface area contributed by atoms with Crippen molar-refractivity contribution in [1.82, 2.24) is 4.98 Å². The van der Waals surface area contributed by atoms with E-state index in [1.165, 1.54) is 0 Å². The molecule has 0 saturated heterocycles. The van der Waals surface area contributed by atoms with E-state index in [1.807, 2.05) is 49.4 Å². The van der Waals surface area contributed by atoms with E-state index in [9.17, 15) is 9.90 Å². The van der Waals surface area contributed by atoms with Crippen LogP contribution in [0.1, 0.15) is 42.7 Å². The van der Waals surface area contributed by atoms with Gasteiger partial charge in [0, 0.05) is 24.7 Å². The van der Waals surface area contributed by atoms with Crippen LogP contribution < -0.4 is 39.4 Å². The Labute approximate surface area is 193 Å². The van der Waals surface area contributed by atoms with Crippen LogP contribution in [-0.4, -0.2) is 17.6 Å². The summed E-state index contributed by atoms with van der Waals surface area (Å²) < 4.78 is 11.6. The molecule has 0 N–H and O–H groups in total. The monoisotopic (exact) mass is 401 g/mol. The molecule has 1 heterocycles. The summed E-state index contributed by atoms with van der Waals surface area (Å²) in [6.07, 6.45) is 0.540. The van der Waals surface area contributed by atoms with Gasteiger partial charge in [-0.2, -0.15) is 0 Å². The molecule has 0 saturated carbocycles. The molecule has 0 atom stereocenters. The zero-order valence-corrected chi connectivity index (χ0v) is 19.4. The number of aromatic nitrogens is 1. The Morgan fingerprint density at radius 2 is 1.93 bits per heavy atom. The van der Waals surface area contributed by atoms with Crippen molar-refractivity contribution in [2.24, 2.45) is 0 Å². The van der Waals surface area contributed by atoms with Crippen LogP contribution in [0.2, 0.25) is 0 Å². The van der Waals surface area contributed by atoms with Gasteiger partial charge in [-0.15, -0.1) is 0 Å². The Morgan fingerprint density at radius 1 is 1.17 bits per heavy atom. The third kappa shape index (κ3) is 6.20. The number of benzene rings is 2. The number of hydrogen-bond donors (Lipinski definition) is 0. The van der Waals surface area contributed by atoms with Gasteiger partial charge in [-0.25, -0.2) is 4.98 Å². The van der Waals surface area contributed by atoms with Gasteiger partial charge in [0.25, 0.3) is 0 Å². The Bertz CT molecular complexity index is 965. The molecular weight excluding hydrogens is 377 g/mol. The third-order valence-electron chi connectivity index (χ3n) is 4.51. The smallest absolute Gasteiger partial charge is 0.550 e. The van der Waals surface area contributed by atoms with Gasteiger partial charge in [-0.05, 0) is 35.7 Å². The third-order valence-corrected chi connectivity index (χ3v) is 4.51. The summed E-state index contributed by atoms with van der Waals surface area (Å²) in [5.74, 6) is 1.47. The second kappa shape index (κ2) is 10.6. The molecule has 0 radical (unpaired) electrons.